The maximum atomic E-state index is 12.4. The standard InChI is InChI=1S/C16H20N2O4S/c1-11-15(12(2)22-18-11)10-23(20,21)13(3)16(19)17-9-14-7-5-4-6-8-14/h4-8,13H,9-10H2,1-3H3,(H,17,19)/t13-/m0/s1. The molecule has 2 rings (SSSR count). The average Bonchev–Trinajstić information content (AvgIpc) is 2.84. The molecule has 0 fully saturated rings. The molecule has 6 nitrogen and oxygen atoms in total. The monoisotopic (exact) mass is 336 g/mol. The van der Waals surface area contributed by atoms with E-state index in [0.717, 1.165) is 5.56 Å². The fourth-order valence-corrected chi connectivity index (χ4v) is 3.60. The number of aromatic nitrogens is 1. The molecule has 1 N–H and O–H groups in total. The summed E-state index contributed by atoms with van der Waals surface area (Å²) in [5, 5.41) is 5.26. The van der Waals surface area contributed by atoms with Crippen molar-refractivity contribution >= 4 is 15.7 Å². The molecule has 0 spiro atoms. The largest absolute Gasteiger partial charge is 0.361 e. The molecule has 1 amide bonds. The Bertz CT molecular complexity index is 762. The van der Waals surface area contributed by atoms with Gasteiger partial charge in [0.1, 0.15) is 11.0 Å². The lowest BCUT2D eigenvalue weighted by molar-refractivity contribution is -0.120. The highest BCUT2D eigenvalue weighted by Gasteiger charge is 2.30. The molecule has 0 saturated heterocycles. The Morgan fingerprint density at radius 3 is 2.48 bits per heavy atom. The van der Waals surface area contributed by atoms with E-state index >= 15 is 0 Å². The van der Waals surface area contributed by atoms with Gasteiger partial charge in [0.15, 0.2) is 9.84 Å². The third kappa shape index (κ3) is 4.19. The van der Waals surface area contributed by atoms with Crippen molar-refractivity contribution in [2.75, 3.05) is 0 Å². The van der Waals surface area contributed by atoms with Crippen LogP contribution in [0.1, 0.15) is 29.5 Å². The Morgan fingerprint density at radius 1 is 1.26 bits per heavy atom. The van der Waals surface area contributed by atoms with Crippen LogP contribution in [0.15, 0.2) is 34.9 Å². The lowest BCUT2D eigenvalue weighted by Gasteiger charge is -2.13. The summed E-state index contributed by atoms with van der Waals surface area (Å²) < 4.78 is 29.8. The first kappa shape index (κ1) is 17.2. The number of carbonyl (C=O) groups is 1. The van der Waals surface area contributed by atoms with Crippen LogP contribution in [0.25, 0.3) is 0 Å². The first-order chi connectivity index (χ1) is 10.8. The van der Waals surface area contributed by atoms with Gasteiger partial charge in [-0.15, -0.1) is 0 Å². The van der Waals surface area contributed by atoms with Crippen LogP contribution in [0.5, 0.6) is 0 Å². The minimum Gasteiger partial charge on any atom is -0.361 e. The summed E-state index contributed by atoms with van der Waals surface area (Å²) in [4.78, 5) is 12.1. The molecule has 23 heavy (non-hydrogen) atoms. The number of sulfone groups is 1. The van der Waals surface area contributed by atoms with Crippen LogP contribution in [0.3, 0.4) is 0 Å². The Hall–Kier alpha value is -2.15. The lowest BCUT2D eigenvalue weighted by Crippen LogP contribution is -2.38. The van der Waals surface area contributed by atoms with Gasteiger partial charge in [0.2, 0.25) is 5.91 Å². The molecule has 1 atom stereocenters. The van der Waals surface area contributed by atoms with Crippen molar-refractivity contribution in [3.63, 3.8) is 0 Å². The van der Waals surface area contributed by atoms with Gasteiger partial charge in [-0.3, -0.25) is 4.79 Å². The molecule has 0 bridgehead atoms. The minimum absolute atomic E-state index is 0.256. The lowest BCUT2D eigenvalue weighted by atomic mass is 10.2. The zero-order valence-corrected chi connectivity index (χ0v) is 14.2. The van der Waals surface area contributed by atoms with Crippen LogP contribution >= 0.6 is 0 Å². The molecule has 0 aliphatic carbocycles. The Kier molecular flexibility index (Phi) is 5.20. The quantitative estimate of drug-likeness (QED) is 0.870. The Morgan fingerprint density at radius 2 is 1.91 bits per heavy atom. The molecule has 0 unspecified atom stereocenters. The zero-order chi connectivity index (χ0) is 17.0. The van der Waals surface area contributed by atoms with Crippen molar-refractivity contribution in [3.05, 3.63) is 52.9 Å². The first-order valence-electron chi connectivity index (χ1n) is 7.26. The van der Waals surface area contributed by atoms with Gasteiger partial charge in [0, 0.05) is 12.1 Å². The Balaban J connectivity index is 2.03. The van der Waals surface area contributed by atoms with Crippen LogP contribution in [-0.4, -0.2) is 24.7 Å². The van der Waals surface area contributed by atoms with Crippen molar-refractivity contribution in [2.24, 2.45) is 0 Å². The maximum Gasteiger partial charge on any atom is 0.238 e. The van der Waals surface area contributed by atoms with Gasteiger partial charge in [-0.05, 0) is 26.3 Å². The topological polar surface area (TPSA) is 89.3 Å². The summed E-state index contributed by atoms with van der Waals surface area (Å²) in [6, 6.07) is 9.33. The van der Waals surface area contributed by atoms with Crippen molar-refractivity contribution < 1.29 is 17.7 Å². The van der Waals surface area contributed by atoms with Crippen molar-refractivity contribution in [1.29, 1.82) is 0 Å². The highest BCUT2D eigenvalue weighted by atomic mass is 32.2. The molecule has 0 saturated carbocycles. The second-order valence-electron chi connectivity index (χ2n) is 5.46. The predicted molar refractivity (Wildman–Crippen MR) is 86.4 cm³/mol. The van der Waals surface area contributed by atoms with E-state index in [1.807, 2.05) is 30.3 Å². The molecule has 1 heterocycles. The number of hydrogen-bond acceptors (Lipinski definition) is 5. The smallest absolute Gasteiger partial charge is 0.238 e. The summed E-state index contributed by atoms with van der Waals surface area (Å²) in [7, 11) is -3.64. The molecule has 1 aromatic carbocycles. The molecule has 124 valence electrons. The third-order valence-electron chi connectivity index (χ3n) is 3.74. The first-order valence-corrected chi connectivity index (χ1v) is 8.97. The van der Waals surface area contributed by atoms with Gasteiger partial charge in [0.25, 0.3) is 0 Å². The molecule has 7 heteroatoms. The van der Waals surface area contributed by atoms with E-state index in [9.17, 15) is 13.2 Å². The molecule has 0 aliphatic rings. The van der Waals surface area contributed by atoms with E-state index in [0.29, 0.717) is 23.6 Å². The van der Waals surface area contributed by atoms with E-state index in [1.165, 1.54) is 6.92 Å². The van der Waals surface area contributed by atoms with Gasteiger partial charge in [-0.25, -0.2) is 8.42 Å². The van der Waals surface area contributed by atoms with Crippen molar-refractivity contribution in [2.45, 2.75) is 38.3 Å². The van der Waals surface area contributed by atoms with Crippen molar-refractivity contribution in [1.82, 2.24) is 10.5 Å². The van der Waals surface area contributed by atoms with E-state index in [2.05, 4.69) is 10.5 Å². The summed E-state index contributed by atoms with van der Waals surface area (Å²) in [5.41, 5.74) is 1.96. The fraction of sp³-hybridized carbons (Fsp3) is 0.375. The number of aryl methyl sites for hydroxylation is 2. The van der Waals surface area contributed by atoms with Gasteiger partial charge >= 0.3 is 0 Å². The highest BCUT2D eigenvalue weighted by molar-refractivity contribution is 7.92. The van der Waals surface area contributed by atoms with E-state index in [1.54, 1.807) is 13.8 Å². The molecule has 1 aromatic heterocycles. The van der Waals surface area contributed by atoms with Crippen LogP contribution in [-0.2, 0) is 26.9 Å². The zero-order valence-electron chi connectivity index (χ0n) is 13.4. The highest BCUT2D eigenvalue weighted by Crippen LogP contribution is 2.18. The number of nitrogens with one attached hydrogen (secondary N) is 1. The second-order valence-corrected chi connectivity index (χ2v) is 7.78. The van der Waals surface area contributed by atoms with Crippen LogP contribution in [0, 0.1) is 13.8 Å². The van der Waals surface area contributed by atoms with Gasteiger partial charge in [-0.1, -0.05) is 35.5 Å². The summed E-state index contributed by atoms with van der Waals surface area (Å²) >= 11 is 0. The minimum atomic E-state index is -3.64. The van der Waals surface area contributed by atoms with Crippen LogP contribution in [0.4, 0.5) is 0 Å². The van der Waals surface area contributed by atoms with E-state index in [4.69, 9.17) is 4.52 Å². The fourth-order valence-electron chi connectivity index (χ4n) is 2.13. The molecular weight excluding hydrogens is 316 g/mol. The van der Waals surface area contributed by atoms with Gasteiger partial charge in [0.05, 0.1) is 11.4 Å². The van der Waals surface area contributed by atoms with Crippen LogP contribution < -0.4 is 5.32 Å². The van der Waals surface area contributed by atoms with E-state index in [-0.39, 0.29) is 5.75 Å². The molecular formula is C16H20N2O4S. The van der Waals surface area contributed by atoms with Gasteiger partial charge < -0.3 is 9.84 Å². The number of amides is 1. The molecule has 0 radical (unpaired) electrons. The number of nitrogens with zero attached hydrogens (tertiary/aromatic N) is 1. The average molecular weight is 336 g/mol. The molecule has 2 aromatic rings. The van der Waals surface area contributed by atoms with Crippen LogP contribution in [0.2, 0.25) is 0 Å². The third-order valence-corrected chi connectivity index (χ3v) is 5.73. The number of benzene rings is 1. The second kappa shape index (κ2) is 6.95. The normalized spacial score (nSPS) is 12.8. The number of hydrogen-bond donors (Lipinski definition) is 1. The van der Waals surface area contributed by atoms with E-state index < -0.39 is 21.0 Å². The van der Waals surface area contributed by atoms with Gasteiger partial charge in [-0.2, -0.15) is 0 Å². The maximum absolute atomic E-state index is 12.4. The van der Waals surface area contributed by atoms with Crippen molar-refractivity contribution in [3.8, 4) is 0 Å². The summed E-state index contributed by atoms with van der Waals surface area (Å²) in [6.45, 7) is 5.03. The number of carbonyl (C=O) groups excluding carboxylic acids is 1. The summed E-state index contributed by atoms with van der Waals surface area (Å²) in [6.07, 6.45) is 0. The predicted octanol–water partition coefficient (Wildman–Crippen LogP) is 1.91. The molecule has 0 aliphatic heterocycles. The SMILES string of the molecule is Cc1noc(C)c1CS(=O)(=O)[C@@H](C)C(=O)NCc1ccccc1. The summed E-state index contributed by atoms with van der Waals surface area (Å²) in [5.74, 6) is -0.308. The number of rotatable bonds is 6. The Labute approximate surface area is 135 Å².